The number of rotatable bonds is 2. The van der Waals surface area contributed by atoms with E-state index >= 15 is 0 Å². The summed E-state index contributed by atoms with van der Waals surface area (Å²) in [4.78, 5) is -1.00. The molecule has 2 rings (SSSR count). The highest BCUT2D eigenvalue weighted by Crippen LogP contribution is 2.30. The van der Waals surface area contributed by atoms with Crippen LogP contribution >= 0.6 is 0 Å². The van der Waals surface area contributed by atoms with Crippen molar-refractivity contribution in [2.45, 2.75) is 9.79 Å². The number of anilines is 1. The van der Waals surface area contributed by atoms with Crippen molar-refractivity contribution >= 4 is 45.1 Å². The van der Waals surface area contributed by atoms with E-state index < -0.39 is 30.0 Å². The molecule has 0 fully saturated rings. The molecule has 0 bridgehead atoms. The van der Waals surface area contributed by atoms with E-state index in [-0.39, 0.29) is 24.9 Å². The van der Waals surface area contributed by atoms with Crippen molar-refractivity contribution in [2.24, 2.45) is 0 Å². The first-order valence-electron chi connectivity index (χ1n) is 4.88. The molecular weight excluding hydrogens is 305 g/mol. The maximum Gasteiger partial charge on any atom is 0.295 e. The summed E-state index contributed by atoms with van der Waals surface area (Å²) in [7, 11) is -9.11. The first-order chi connectivity index (χ1) is 8.60. The van der Waals surface area contributed by atoms with Crippen LogP contribution in [0.3, 0.4) is 0 Å². The molecule has 2 aromatic rings. The number of hydrogen-bond acceptors (Lipinski definition) is 5. The van der Waals surface area contributed by atoms with Gasteiger partial charge in [0.1, 0.15) is 9.79 Å². The van der Waals surface area contributed by atoms with Crippen LogP contribution in [0.4, 0.5) is 5.69 Å². The van der Waals surface area contributed by atoms with E-state index in [4.69, 9.17) is 14.8 Å². The Kier molecular flexibility index (Phi) is 4.16. The zero-order valence-corrected chi connectivity index (χ0v) is 10.9. The van der Waals surface area contributed by atoms with E-state index in [2.05, 4.69) is 0 Å². The second kappa shape index (κ2) is 5.06. The lowest BCUT2D eigenvalue weighted by molar-refractivity contribution is 0.481. The molecule has 0 atom stereocenters. The molecule has 0 aromatic heterocycles. The number of hydrogen-bond donors (Lipinski definition) is 3. The third-order valence-corrected chi connectivity index (χ3v) is 4.30. The second-order valence-electron chi connectivity index (χ2n) is 3.82. The van der Waals surface area contributed by atoms with Crippen molar-refractivity contribution in [3.05, 3.63) is 30.3 Å². The zero-order valence-electron chi connectivity index (χ0n) is 9.31. The molecule has 0 aliphatic heterocycles. The molecule has 2 aromatic carbocycles. The standard InChI is InChI=1S/C10H9NO6S2.BH3/c11-6-4-8-7(10(5-6)19(15,16)17)2-1-3-9(8)18(12,13)14;/h1-5H,11H2,(H,12,13,14)(H,15,16,17);1H3. The van der Waals surface area contributed by atoms with Gasteiger partial charge < -0.3 is 5.73 Å². The van der Waals surface area contributed by atoms with Crippen LogP contribution in [0.15, 0.2) is 40.1 Å². The van der Waals surface area contributed by atoms with Crippen LogP contribution in [0.25, 0.3) is 10.8 Å². The Balaban J connectivity index is 0.00000200. The lowest BCUT2D eigenvalue weighted by Crippen LogP contribution is -2.04. The van der Waals surface area contributed by atoms with E-state index in [9.17, 15) is 16.8 Å². The summed E-state index contributed by atoms with van der Waals surface area (Å²) in [5.74, 6) is 0. The van der Waals surface area contributed by atoms with Gasteiger partial charge in [-0.2, -0.15) is 16.8 Å². The van der Waals surface area contributed by atoms with Gasteiger partial charge in [0, 0.05) is 16.5 Å². The van der Waals surface area contributed by atoms with Gasteiger partial charge >= 0.3 is 0 Å². The monoisotopic (exact) mass is 317 g/mol. The molecule has 0 saturated heterocycles. The van der Waals surface area contributed by atoms with Crippen LogP contribution in [0.5, 0.6) is 0 Å². The molecule has 108 valence electrons. The van der Waals surface area contributed by atoms with Crippen LogP contribution in [0.2, 0.25) is 0 Å². The molecule has 0 aliphatic rings. The predicted molar refractivity (Wildman–Crippen MR) is 77.9 cm³/mol. The van der Waals surface area contributed by atoms with Crippen molar-refractivity contribution in [3.63, 3.8) is 0 Å². The summed E-state index contributed by atoms with van der Waals surface area (Å²) in [6.07, 6.45) is 0. The van der Waals surface area contributed by atoms with Crippen molar-refractivity contribution in [2.75, 3.05) is 5.73 Å². The van der Waals surface area contributed by atoms with Crippen molar-refractivity contribution in [1.29, 1.82) is 0 Å². The summed E-state index contributed by atoms with van der Waals surface area (Å²) in [5, 5.41) is -0.135. The van der Waals surface area contributed by atoms with Gasteiger partial charge in [-0.15, -0.1) is 0 Å². The molecule has 7 nitrogen and oxygen atoms in total. The summed E-state index contributed by atoms with van der Waals surface area (Å²) in [6, 6.07) is 5.85. The molecule has 0 radical (unpaired) electrons. The van der Waals surface area contributed by atoms with Gasteiger partial charge in [0.2, 0.25) is 0 Å². The van der Waals surface area contributed by atoms with E-state index in [1.807, 2.05) is 0 Å². The number of nitrogens with two attached hydrogens (primary N) is 1. The van der Waals surface area contributed by atoms with Crippen LogP contribution < -0.4 is 5.73 Å². The molecule has 0 unspecified atom stereocenters. The summed E-state index contributed by atoms with van der Waals surface area (Å²) in [6.45, 7) is 0. The molecule has 0 amide bonds. The lowest BCUT2D eigenvalue weighted by atomic mass is 10.1. The fourth-order valence-electron chi connectivity index (χ4n) is 1.78. The van der Waals surface area contributed by atoms with Crippen molar-refractivity contribution < 1.29 is 25.9 Å². The minimum absolute atomic E-state index is 0. The Hall–Kier alpha value is -1.62. The van der Waals surface area contributed by atoms with Crippen molar-refractivity contribution in [1.82, 2.24) is 0 Å². The third kappa shape index (κ3) is 2.93. The SMILES string of the molecule is B.Nc1cc(S(=O)(=O)O)c2cccc(S(=O)(=O)O)c2c1. The minimum Gasteiger partial charge on any atom is -0.399 e. The topological polar surface area (TPSA) is 135 Å². The summed E-state index contributed by atoms with van der Waals surface area (Å²) < 4.78 is 63.1. The molecule has 0 spiro atoms. The largest absolute Gasteiger partial charge is 0.399 e. The van der Waals surface area contributed by atoms with Gasteiger partial charge in [0.05, 0.1) is 8.41 Å². The number of benzene rings is 2. The number of fused-ring (bicyclic) bond motifs is 1. The molecule has 10 heteroatoms. The maximum atomic E-state index is 11.2. The molecule has 0 saturated carbocycles. The van der Waals surface area contributed by atoms with Crippen molar-refractivity contribution in [3.8, 4) is 0 Å². The summed E-state index contributed by atoms with van der Waals surface area (Å²) >= 11 is 0. The quantitative estimate of drug-likeness (QED) is 0.394. The Morgan fingerprint density at radius 3 is 1.90 bits per heavy atom. The molecule has 0 heterocycles. The average Bonchev–Trinajstić information content (AvgIpc) is 2.24. The first kappa shape index (κ1) is 16.4. The fourth-order valence-corrected chi connectivity index (χ4v) is 3.22. The Morgan fingerprint density at radius 1 is 0.850 bits per heavy atom. The maximum absolute atomic E-state index is 11.2. The van der Waals surface area contributed by atoms with Gasteiger partial charge in [-0.3, -0.25) is 9.11 Å². The Bertz CT molecular complexity index is 876. The zero-order chi connectivity index (χ0) is 14.4. The Labute approximate surface area is 117 Å². The molecular formula is C10H12BNO6S2. The minimum atomic E-state index is -4.57. The fraction of sp³-hybridized carbons (Fsp3) is 0. The molecule has 20 heavy (non-hydrogen) atoms. The molecule has 4 N–H and O–H groups in total. The van der Waals surface area contributed by atoms with Gasteiger partial charge in [-0.05, 0) is 18.2 Å². The summed E-state index contributed by atoms with van der Waals surface area (Å²) in [5.41, 5.74) is 5.42. The smallest absolute Gasteiger partial charge is 0.295 e. The average molecular weight is 317 g/mol. The van der Waals surface area contributed by atoms with E-state index in [1.165, 1.54) is 18.2 Å². The van der Waals surface area contributed by atoms with E-state index in [1.54, 1.807) is 0 Å². The normalized spacial score (nSPS) is 12.1. The lowest BCUT2D eigenvalue weighted by Gasteiger charge is -2.08. The van der Waals surface area contributed by atoms with Crippen LogP contribution in [0.1, 0.15) is 0 Å². The molecule has 0 aliphatic carbocycles. The Morgan fingerprint density at radius 2 is 1.40 bits per heavy atom. The van der Waals surface area contributed by atoms with E-state index in [0.717, 1.165) is 12.1 Å². The van der Waals surface area contributed by atoms with Crippen LogP contribution in [0, 0.1) is 0 Å². The van der Waals surface area contributed by atoms with Gasteiger partial charge in [0.15, 0.2) is 0 Å². The highest BCUT2D eigenvalue weighted by atomic mass is 32.2. The van der Waals surface area contributed by atoms with Gasteiger partial charge in [0.25, 0.3) is 20.2 Å². The predicted octanol–water partition coefficient (Wildman–Crippen LogP) is -0.269. The third-order valence-electron chi connectivity index (χ3n) is 2.50. The highest BCUT2D eigenvalue weighted by molar-refractivity contribution is 7.86. The first-order valence-corrected chi connectivity index (χ1v) is 7.76. The van der Waals surface area contributed by atoms with Crippen LogP contribution in [-0.2, 0) is 20.2 Å². The van der Waals surface area contributed by atoms with Gasteiger partial charge in [-0.1, -0.05) is 12.1 Å². The van der Waals surface area contributed by atoms with E-state index in [0.29, 0.717) is 0 Å². The number of nitrogen functional groups attached to an aromatic ring is 1. The van der Waals surface area contributed by atoms with Crippen LogP contribution in [-0.4, -0.2) is 34.4 Å². The highest BCUT2D eigenvalue weighted by Gasteiger charge is 2.20. The second-order valence-corrected chi connectivity index (χ2v) is 6.60. The van der Waals surface area contributed by atoms with Gasteiger partial charge in [-0.25, -0.2) is 0 Å².